The second-order valence-corrected chi connectivity index (χ2v) is 10.4. The van der Waals surface area contributed by atoms with E-state index in [9.17, 15) is 19.5 Å². The molecule has 1 aliphatic heterocycles. The van der Waals surface area contributed by atoms with Gasteiger partial charge >= 0.3 is 6.09 Å². The predicted molar refractivity (Wildman–Crippen MR) is 126 cm³/mol. The summed E-state index contributed by atoms with van der Waals surface area (Å²) in [5, 5.41) is 21.2. The molecule has 1 saturated carbocycles. The van der Waals surface area contributed by atoms with Crippen LogP contribution in [0.5, 0.6) is 0 Å². The normalized spacial score (nSPS) is 25.8. The first-order chi connectivity index (χ1) is 15.6. The Morgan fingerprint density at radius 3 is 2.39 bits per heavy atom. The maximum atomic E-state index is 13.1. The Morgan fingerprint density at radius 1 is 1.12 bits per heavy atom. The Labute approximate surface area is 195 Å². The van der Waals surface area contributed by atoms with E-state index in [1.807, 2.05) is 12.1 Å². The lowest BCUT2D eigenvalue weighted by Crippen LogP contribution is -2.54. The third-order valence-corrected chi connectivity index (χ3v) is 7.43. The molecule has 0 bridgehead atoms. The Bertz CT molecular complexity index is 913. The zero-order chi connectivity index (χ0) is 24.2. The number of carbonyl (C=O) groups excluding carboxylic acids is 2. The number of hydrogen-bond donors (Lipinski definition) is 4. The summed E-state index contributed by atoms with van der Waals surface area (Å²) in [6.07, 6.45) is 6.11. The van der Waals surface area contributed by atoms with Crippen LogP contribution in [0.25, 0.3) is 6.08 Å². The highest BCUT2D eigenvalue weighted by Gasteiger charge is 2.50. The molecule has 8 heteroatoms. The van der Waals surface area contributed by atoms with Crippen molar-refractivity contribution in [2.75, 3.05) is 18.4 Å². The summed E-state index contributed by atoms with van der Waals surface area (Å²) >= 11 is 0. The van der Waals surface area contributed by atoms with E-state index in [1.54, 1.807) is 28.6 Å². The minimum atomic E-state index is -0.851. The highest BCUT2D eigenvalue weighted by molar-refractivity contribution is 5.96. The van der Waals surface area contributed by atoms with Crippen LogP contribution in [0.3, 0.4) is 0 Å². The number of benzene rings is 1. The number of carboxylic acid groups (broad SMARTS) is 1. The van der Waals surface area contributed by atoms with Crippen molar-refractivity contribution in [3.8, 4) is 0 Å². The average molecular weight is 458 g/mol. The molecule has 33 heavy (non-hydrogen) atoms. The highest BCUT2D eigenvalue weighted by Crippen LogP contribution is 2.54. The van der Waals surface area contributed by atoms with Crippen molar-refractivity contribution in [3.63, 3.8) is 0 Å². The van der Waals surface area contributed by atoms with Gasteiger partial charge in [-0.1, -0.05) is 39.0 Å². The van der Waals surface area contributed by atoms with Crippen LogP contribution in [0.4, 0.5) is 10.5 Å². The maximum absolute atomic E-state index is 13.1. The summed E-state index contributed by atoms with van der Waals surface area (Å²) in [6, 6.07) is 7.21. The molecule has 1 aliphatic carbocycles. The van der Waals surface area contributed by atoms with Crippen molar-refractivity contribution >= 4 is 29.7 Å². The van der Waals surface area contributed by atoms with Gasteiger partial charge in [-0.3, -0.25) is 14.8 Å². The number of hydroxylamine groups is 1. The molecule has 2 fully saturated rings. The topological polar surface area (TPSA) is 119 Å². The van der Waals surface area contributed by atoms with Gasteiger partial charge in [0.05, 0.1) is 0 Å². The largest absolute Gasteiger partial charge is 0.465 e. The van der Waals surface area contributed by atoms with Gasteiger partial charge in [-0.2, -0.15) is 0 Å². The molecular formula is C25H35N3O5. The number of nitrogens with zero attached hydrogens (tertiary/aromatic N) is 1. The average Bonchev–Trinajstić information content (AvgIpc) is 2.78. The summed E-state index contributed by atoms with van der Waals surface area (Å²) in [5.41, 5.74) is 2.89. The SMILES string of the molecule is CC(C)(C)C1CN(C(=O)O)CCC12CCC(C(=O)Nc1ccccc1C=CC(=O)NO)CC2. The van der Waals surface area contributed by atoms with E-state index in [2.05, 4.69) is 26.1 Å². The van der Waals surface area contributed by atoms with Crippen LogP contribution in [0.1, 0.15) is 58.4 Å². The zero-order valence-electron chi connectivity index (χ0n) is 19.6. The van der Waals surface area contributed by atoms with Crippen LogP contribution < -0.4 is 10.8 Å². The second kappa shape index (κ2) is 9.95. The fraction of sp³-hybridized carbons (Fsp3) is 0.560. The van der Waals surface area contributed by atoms with Crippen molar-refractivity contribution in [1.29, 1.82) is 0 Å². The van der Waals surface area contributed by atoms with E-state index >= 15 is 0 Å². The molecular weight excluding hydrogens is 422 g/mol. The van der Waals surface area contributed by atoms with Gasteiger partial charge in [0.15, 0.2) is 0 Å². The van der Waals surface area contributed by atoms with Gasteiger partial charge in [0.2, 0.25) is 5.91 Å². The van der Waals surface area contributed by atoms with E-state index < -0.39 is 12.0 Å². The van der Waals surface area contributed by atoms with Crippen molar-refractivity contribution in [2.24, 2.45) is 22.7 Å². The molecule has 1 saturated heterocycles. The van der Waals surface area contributed by atoms with E-state index in [-0.39, 0.29) is 28.6 Å². The van der Waals surface area contributed by atoms with Crippen LogP contribution in [0, 0.1) is 22.7 Å². The van der Waals surface area contributed by atoms with E-state index in [0.717, 1.165) is 32.1 Å². The Kier molecular flexibility index (Phi) is 7.47. The summed E-state index contributed by atoms with van der Waals surface area (Å²) in [5.74, 6) is -0.530. The molecule has 1 spiro atoms. The standard InChI is InChI=1S/C25H35N3O5/c1-24(2,3)20-16-28(23(31)32)15-14-25(20)12-10-18(11-13-25)22(30)26-19-7-5-4-6-17(19)8-9-21(29)27-33/h4-9,18,20,33H,10-16H2,1-3H3,(H,26,30)(H,27,29)(H,31,32). The first-order valence-corrected chi connectivity index (χ1v) is 11.6. The lowest BCUT2D eigenvalue weighted by Gasteiger charge is -2.55. The number of hydrogen-bond acceptors (Lipinski definition) is 4. The zero-order valence-corrected chi connectivity index (χ0v) is 19.6. The Morgan fingerprint density at radius 2 is 1.79 bits per heavy atom. The number of amides is 3. The van der Waals surface area contributed by atoms with Crippen molar-refractivity contribution in [2.45, 2.75) is 52.9 Å². The molecule has 1 aromatic carbocycles. The summed E-state index contributed by atoms with van der Waals surface area (Å²) < 4.78 is 0. The summed E-state index contributed by atoms with van der Waals surface area (Å²) in [7, 11) is 0. The molecule has 0 radical (unpaired) electrons. The molecule has 1 aromatic rings. The minimum absolute atomic E-state index is 0.0185. The lowest BCUT2D eigenvalue weighted by atomic mass is 9.54. The molecule has 2 aliphatic rings. The quantitative estimate of drug-likeness (QED) is 0.304. The van der Waals surface area contributed by atoms with E-state index in [4.69, 9.17) is 5.21 Å². The number of para-hydroxylation sites is 1. The van der Waals surface area contributed by atoms with Gasteiger partial charge in [-0.05, 0) is 66.6 Å². The third kappa shape index (κ3) is 5.74. The monoisotopic (exact) mass is 457 g/mol. The van der Waals surface area contributed by atoms with Gasteiger partial charge in [-0.25, -0.2) is 10.3 Å². The van der Waals surface area contributed by atoms with Gasteiger partial charge < -0.3 is 15.3 Å². The Balaban J connectivity index is 1.68. The van der Waals surface area contributed by atoms with Gasteiger partial charge in [0.1, 0.15) is 0 Å². The predicted octanol–water partition coefficient (Wildman–Crippen LogP) is 4.37. The van der Waals surface area contributed by atoms with Crippen molar-refractivity contribution in [3.05, 3.63) is 35.9 Å². The molecule has 180 valence electrons. The number of anilines is 1. The first kappa shape index (κ1) is 24.8. The molecule has 0 aromatic heterocycles. The van der Waals surface area contributed by atoms with Crippen LogP contribution in [0.15, 0.2) is 30.3 Å². The molecule has 1 unspecified atom stereocenters. The van der Waals surface area contributed by atoms with Gasteiger partial charge in [-0.15, -0.1) is 0 Å². The molecule has 4 N–H and O–H groups in total. The maximum Gasteiger partial charge on any atom is 0.407 e. The van der Waals surface area contributed by atoms with Crippen molar-refractivity contribution < 1.29 is 24.7 Å². The van der Waals surface area contributed by atoms with Crippen LogP contribution in [-0.2, 0) is 9.59 Å². The number of carbonyl (C=O) groups is 3. The van der Waals surface area contributed by atoms with Gasteiger partial charge in [0.25, 0.3) is 5.91 Å². The molecule has 1 heterocycles. The molecule has 1 atom stereocenters. The van der Waals surface area contributed by atoms with E-state index in [1.165, 1.54) is 6.08 Å². The number of nitrogens with one attached hydrogen (secondary N) is 2. The molecule has 3 amide bonds. The first-order valence-electron chi connectivity index (χ1n) is 11.6. The van der Waals surface area contributed by atoms with Gasteiger partial charge in [0, 0.05) is 30.8 Å². The summed E-state index contributed by atoms with van der Waals surface area (Å²) in [6.45, 7) is 7.66. The number of likely N-dealkylation sites (tertiary alicyclic amines) is 1. The fourth-order valence-corrected chi connectivity index (χ4v) is 5.65. The third-order valence-electron chi connectivity index (χ3n) is 7.43. The summed E-state index contributed by atoms with van der Waals surface area (Å²) in [4.78, 5) is 37.5. The fourth-order valence-electron chi connectivity index (χ4n) is 5.65. The Hall–Kier alpha value is -2.87. The van der Waals surface area contributed by atoms with Crippen LogP contribution in [0.2, 0.25) is 0 Å². The van der Waals surface area contributed by atoms with Crippen LogP contribution >= 0.6 is 0 Å². The smallest absolute Gasteiger partial charge is 0.407 e. The lowest BCUT2D eigenvalue weighted by molar-refractivity contribution is -0.124. The second-order valence-electron chi connectivity index (χ2n) is 10.4. The van der Waals surface area contributed by atoms with Crippen LogP contribution in [-0.4, -0.2) is 46.2 Å². The number of piperidine rings is 1. The minimum Gasteiger partial charge on any atom is -0.465 e. The number of rotatable bonds is 4. The van der Waals surface area contributed by atoms with E-state index in [0.29, 0.717) is 24.3 Å². The molecule has 8 nitrogen and oxygen atoms in total. The highest BCUT2D eigenvalue weighted by atomic mass is 16.5. The molecule has 3 rings (SSSR count). The van der Waals surface area contributed by atoms with Crippen molar-refractivity contribution in [1.82, 2.24) is 10.4 Å².